The summed E-state index contributed by atoms with van der Waals surface area (Å²) >= 11 is 0. The molecule has 81 heavy (non-hydrogen) atoms. The van der Waals surface area contributed by atoms with Gasteiger partial charge in [0.15, 0.2) is 23.5 Å². The molecule has 17 aliphatic rings. The van der Waals surface area contributed by atoms with E-state index in [-0.39, 0.29) is 116 Å². The summed E-state index contributed by atoms with van der Waals surface area (Å²) in [7, 11) is 0. The third-order valence-electron chi connectivity index (χ3n) is 23.2. The summed E-state index contributed by atoms with van der Waals surface area (Å²) < 4.78 is 102. The molecule has 10 bridgehead atoms. The highest BCUT2D eigenvalue weighted by Crippen LogP contribution is 2.76. The van der Waals surface area contributed by atoms with Crippen LogP contribution in [-0.4, -0.2) is 196 Å². The van der Waals surface area contributed by atoms with Crippen molar-refractivity contribution < 1.29 is 101 Å². The van der Waals surface area contributed by atoms with Crippen molar-refractivity contribution in [3.63, 3.8) is 0 Å². The Labute approximate surface area is 472 Å². The molecule has 450 valence electrons. The van der Waals surface area contributed by atoms with Crippen molar-refractivity contribution in [1.82, 2.24) is 0 Å². The van der Waals surface area contributed by atoms with Crippen LogP contribution < -0.4 is 0 Å². The van der Waals surface area contributed by atoms with E-state index >= 15 is 0 Å². The van der Waals surface area contributed by atoms with E-state index in [2.05, 4.69) is 41.2 Å². The van der Waals surface area contributed by atoms with Crippen LogP contribution >= 0.6 is 0 Å². The van der Waals surface area contributed by atoms with Gasteiger partial charge in [0.25, 0.3) is 0 Å². The molecule has 0 aromatic heterocycles. The zero-order valence-corrected chi connectivity index (χ0v) is 47.2. The first-order valence-corrected chi connectivity index (χ1v) is 31.3. The number of aliphatic hydroxyl groups excluding tert-OH is 2. The van der Waals surface area contributed by atoms with E-state index in [1.165, 1.54) is 0 Å². The van der Waals surface area contributed by atoms with Gasteiger partial charge >= 0.3 is 11.9 Å². The average Bonchev–Trinajstić information content (AvgIpc) is 1.10. The minimum Gasteiger partial charge on any atom is -0.481 e. The Balaban J connectivity index is 0.640. The Morgan fingerprint density at radius 2 is 1.30 bits per heavy atom. The quantitative estimate of drug-likeness (QED) is 0.223. The first-order valence-electron chi connectivity index (χ1n) is 31.3. The highest BCUT2D eigenvalue weighted by molar-refractivity contribution is 5.70. The number of rotatable bonds is 2. The molecule has 0 radical (unpaired) electrons. The predicted molar refractivity (Wildman–Crippen MR) is 273 cm³/mol. The number of carbonyl (C=O) groups is 2. The normalized spacial score (nSPS) is 61.3. The Bertz CT molecular complexity index is 2520. The van der Waals surface area contributed by atoms with E-state index in [1.807, 2.05) is 0 Å². The van der Waals surface area contributed by atoms with Crippen molar-refractivity contribution in [3.05, 3.63) is 12.2 Å². The minimum absolute atomic E-state index is 0.00231. The second kappa shape index (κ2) is 19.0. The van der Waals surface area contributed by atoms with Crippen LogP contribution in [0.25, 0.3) is 0 Å². The molecule has 21 heteroatoms. The van der Waals surface area contributed by atoms with Crippen molar-refractivity contribution in [2.75, 3.05) is 0 Å². The van der Waals surface area contributed by atoms with Gasteiger partial charge in [-0.25, -0.2) is 0 Å². The van der Waals surface area contributed by atoms with Gasteiger partial charge in [-0.15, -0.1) is 0 Å². The summed E-state index contributed by atoms with van der Waals surface area (Å²) in [5.41, 5.74) is 1.00. The van der Waals surface area contributed by atoms with Gasteiger partial charge in [0.05, 0.1) is 135 Å². The number of fused-ring (bicyclic) bond motifs is 10. The van der Waals surface area contributed by atoms with Gasteiger partial charge < -0.3 is 91.5 Å². The second-order valence-electron chi connectivity index (χ2n) is 28.5. The molecule has 16 saturated heterocycles. The largest absolute Gasteiger partial charge is 0.481 e. The lowest BCUT2D eigenvalue weighted by molar-refractivity contribution is -0.689. The molecule has 0 aromatic rings. The lowest BCUT2D eigenvalue weighted by Gasteiger charge is -2.83. The summed E-state index contributed by atoms with van der Waals surface area (Å²) in [6.07, 6.45) is -1.82. The van der Waals surface area contributed by atoms with Crippen LogP contribution in [0.4, 0.5) is 0 Å². The van der Waals surface area contributed by atoms with Crippen LogP contribution in [0.2, 0.25) is 0 Å². The van der Waals surface area contributed by atoms with Crippen LogP contribution in [0.1, 0.15) is 144 Å². The number of ether oxygens (including phenoxy) is 15. The maximum absolute atomic E-state index is 14.6. The minimum atomic E-state index is -1.86. The van der Waals surface area contributed by atoms with E-state index in [4.69, 9.17) is 71.1 Å². The highest BCUT2D eigenvalue weighted by atomic mass is 16.9. The van der Waals surface area contributed by atoms with E-state index in [0.29, 0.717) is 70.1 Å². The molecule has 4 spiro atoms. The number of carboxylic acid groups (broad SMARTS) is 1. The molecule has 34 atom stereocenters. The van der Waals surface area contributed by atoms with Crippen molar-refractivity contribution >= 4 is 11.9 Å². The number of hydrogen-bond acceptors (Lipinski definition) is 20. The fraction of sp³-hybridized carbons (Fsp3) is 0.933. The van der Waals surface area contributed by atoms with E-state index in [0.717, 1.165) is 31.3 Å². The van der Waals surface area contributed by atoms with E-state index in [1.54, 1.807) is 0 Å². The lowest BCUT2D eigenvalue weighted by atomic mass is 9.49. The Morgan fingerprint density at radius 1 is 0.580 bits per heavy atom. The first kappa shape index (κ1) is 54.4. The van der Waals surface area contributed by atoms with Crippen molar-refractivity contribution in [3.8, 4) is 0 Å². The Morgan fingerprint density at radius 3 is 2.12 bits per heavy atom. The number of aliphatic hydroxyl groups is 3. The monoisotopic (exact) mass is 1140 g/mol. The topological polar surface area (TPSA) is 254 Å². The summed E-state index contributed by atoms with van der Waals surface area (Å²) in [6, 6.07) is 0. The molecule has 17 fully saturated rings. The van der Waals surface area contributed by atoms with Crippen molar-refractivity contribution in [2.45, 2.75) is 307 Å². The molecule has 16 heterocycles. The van der Waals surface area contributed by atoms with E-state index in [9.17, 15) is 30.0 Å². The van der Waals surface area contributed by atoms with E-state index < -0.39 is 114 Å². The molecule has 1 aliphatic carbocycles. The summed E-state index contributed by atoms with van der Waals surface area (Å²) in [6.45, 7) is 15.4. The van der Waals surface area contributed by atoms with Gasteiger partial charge in [-0.3, -0.25) is 9.59 Å². The maximum Gasteiger partial charge on any atom is 0.308 e. The average molecular weight is 1140 g/mol. The van der Waals surface area contributed by atoms with Crippen molar-refractivity contribution in [2.24, 2.45) is 41.4 Å². The molecule has 16 aliphatic heterocycles. The van der Waals surface area contributed by atoms with Gasteiger partial charge in [0.2, 0.25) is 11.6 Å². The molecule has 0 aromatic carbocycles. The zero-order valence-electron chi connectivity index (χ0n) is 47.2. The molecule has 17 rings (SSSR count). The number of carboxylic acids is 1. The summed E-state index contributed by atoms with van der Waals surface area (Å²) in [5, 5.41) is 44.3. The van der Waals surface area contributed by atoms with Gasteiger partial charge in [-0.05, 0) is 74.2 Å². The molecule has 4 N–H and O–H groups in total. The van der Waals surface area contributed by atoms with Crippen LogP contribution in [0, 0.1) is 41.4 Å². The molecule has 1 saturated carbocycles. The third kappa shape index (κ3) is 8.30. The lowest BCUT2D eigenvalue weighted by Crippen LogP contribution is -3.00. The molecule has 21 nitrogen and oxygen atoms in total. The van der Waals surface area contributed by atoms with Crippen LogP contribution in [0.15, 0.2) is 12.2 Å². The fourth-order valence-electron chi connectivity index (χ4n) is 19.5. The summed E-state index contributed by atoms with van der Waals surface area (Å²) in [5.74, 6) is -8.56. The second-order valence-corrected chi connectivity index (χ2v) is 28.5. The van der Waals surface area contributed by atoms with Crippen LogP contribution in [0.5, 0.6) is 0 Å². The molecule has 0 amide bonds. The smallest absolute Gasteiger partial charge is 0.308 e. The maximum atomic E-state index is 14.6. The summed E-state index contributed by atoms with van der Waals surface area (Å²) in [4.78, 5) is 26.2. The number of aliphatic carboxylic acids is 1. The zero-order chi connectivity index (χ0) is 55.6. The number of esters is 1. The first-order chi connectivity index (χ1) is 38.7. The predicted octanol–water partition coefficient (Wildman–Crippen LogP) is 4.23. The third-order valence-corrected chi connectivity index (χ3v) is 23.2. The number of carbonyl (C=O) groups excluding carboxylic acids is 1. The van der Waals surface area contributed by atoms with Gasteiger partial charge in [-0.1, -0.05) is 41.2 Å². The Kier molecular flexibility index (Phi) is 12.8. The standard InChI is InChI=1S/C60H84O21/c1-24-13-30-7-9-34-25(2)14-32(67-34)11-12-58-55(65)59(66)54-53-46(60(54,80-58)81-59)52(79-58)51-35(71-53)10-8-31(69-51)15-45(64)74-50-29(6)49-40(70-39(50)17-36(68-30)28(24)5)18-38-42(73-49)22-57(75-38)23-43-48(78-57)27(4)21-56(77-43)20-26(3)47-41(76-56)16-33(61)37(72-47)19-44(62)63/h24-27,29-43,46-55,61,65-66H,5,7-23H2,1-4,6H3,(H,62,63)/t24-,25?,26+,27+,29+,30?,31?,32?,33-,34?,35?,36?,37-,38-,39?,40+,41+,42-,43+,46?,47?,48?,49+,50?,51+,52?,53?,54?,55?,56-,57-,58-,59+,60?/m1/s1. The fourth-order valence-corrected chi connectivity index (χ4v) is 19.5. The van der Waals surface area contributed by atoms with Gasteiger partial charge in [0, 0.05) is 57.3 Å². The van der Waals surface area contributed by atoms with Crippen molar-refractivity contribution in [1.29, 1.82) is 0 Å². The highest BCUT2D eigenvalue weighted by Gasteiger charge is 2.94. The van der Waals surface area contributed by atoms with Gasteiger partial charge in [0.1, 0.15) is 18.3 Å². The molecule has 17 unspecified atom stereocenters. The number of hydrogen-bond donors (Lipinski definition) is 4. The molecular weight excluding hydrogens is 1060 g/mol. The van der Waals surface area contributed by atoms with Crippen LogP contribution in [0.3, 0.4) is 0 Å². The van der Waals surface area contributed by atoms with Gasteiger partial charge in [-0.2, -0.15) is 0 Å². The Hall–Kier alpha value is -2.00. The molecular formula is C60H84O21. The SMILES string of the molecule is C=C1C2CC3O[C@H]4C[C@H]5O[C@]6(C[C@@H]7O[C@]8(C[C@H](C)C9O[C@H](CC(=O)O)[C@H](O)C[C@@H]9O8)C[C@H](C)C7O6)C[C@H]5O[C@H]4[C@H](C)C3OC(=O)CC3CCC4OC5C6C(O[C@]7(CCC8CC(C)C(CCC(C[C@H]1C)O2)O8)OC61O[C@@](O)(C51)C7O)[C@H]4O3. The van der Waals surface area contributed by atoms with Crippen LogP contribution in [-0.2, 0) is 80.6 Å².